The standard InChI is InChI=1S/C12H11BrFNO5S/c13-9-2-1-8(12(17)18)4-10(9)15-5-7(3-11(15)16)6-21(14,19)20/h1-2,4,7H,3,5-6H2,(H,17,18). The largest absolute Gasteiger partial charge is 0.478 e. The van der Waals surface area contributed by atoms with E-state index in [2.05, 4.69) is 15.9 Å². The Hall–Kier alpha value is -1.48. The molecule has 1 aromatic rings. The molecule has 0 radical (unpaired) electrons. The quantitative estimate of drug-likeness (QED) is 0.805. The molecule has 0 spiro atoms. The van der Waals surface area contributed by atoms with Gasteiger partial charge >= 0.3 is 16.2 Å². The molecule has 6 nitrogen and oxygen atoms in total. The van der Waals surface area contributed by atoms with Crippen molar-refractivity contribution in [2.24, 2.45) is 5.92 Å². The molecule has 0 aromatic heterocycles. The maximum atomic E-state index is 12.7. The first-order chi connectivity index (χ1) is 9.67. The fourth-order valence-electron chi connectivity index (χ4n) is 2.26. The number of carboxylic acids is 1. The minimum absolute atomic E-state index is 0.00237. The van der Waals surface area contributed by atoms with Crippen molar-refractivity contribution in [3.63, 3.8) is 0 Å². The van der Waals surface area contributed by atoms with Gasteiger partial charge in [-0.15, -0.1) is 3.89 Å². The Balaban J connectivity index is 2.28. The van der Waals surface area contributed by atoms with E-state index in [9.17, 15) is 21.9 Å². The van der Waals surface area contributed by atoms with Crippen molar-refractivity contribution in [1.29, 1.82) is 0 Å². The molecule has 1 heterocycles. The number of hydrogen-bond donors (Lipinski definition) is 1. The van der Waals surface area contributed by atoms with Gasteiger partial charge in [-0.3, -0.25) is 4.79 Å². The molecule has 1 N–H and O–H groups in total. The second-order valence-corrected chi connectivity index (χ2v) is 7.02. The summed E-state index contributed by atoms with van der Waals surface area (Å²) in [5, 5.41) is 8.97. The van der Waals surface area contributed by atoms with Crippen molar-refractivity contribution >= 4 is 43.7 Å². The highest BCUT2D eigenvalue weighted by atomic mass is 79.9. The molecule has 1 aliphatic rings. The van der Waals surface area contributed by atoms with Crippen LogP contribution in [0.25, 0.3) is 0 Å². The van der Waals surface area contributed by atoms with Gasteiger partial charge in [0.05, 0.1) is 17.0 Å². The van der Waals surface area contributed by atoms with Crippen molar-refractivity contribution in [1.82, 2.24) is 0 Å². The van der Waals surface area contributed by atoms with E-state index in [-0.39, 0.29) is 24.4 Å². The fourth-order valence-corrected chi connectivity index (χ4v) is 3.51. The van der Waals surface area contributed by atoms with Crippen LogP contribution in [-0.4, -0.2) is 37.7 Å². The van der Waals surface area contributed by atoms with E-state index >= 15 is 0 Å². The SMILES string of the molecule is O=C(O)c1ccc(Br)c(N2CC(CS(=O)(=O)F)CC2=O)c1. The summed E-state index contributed by atoms with van der Waals surface area (Å²) in [6, 6.07) is 4.18. The lowest BCUT2D eigenvalue weighted by atomic mass is 10.1. The Morgan fingerprint density at radius 2 is 2.14 bits per heavy atom. The zero-order valence-corrected chi connectivity index (χ0v) is 13.0. The van der Waals surface area contributed by atoms with Crippen molar-refractivity contribution in [3.05, 3.63) is 28.2 Å². The number of benzene rings is 1. The second kappa shape index (κ2) is 5.72. The number of carbonyl (C=O) groups is 2. The van der Waals surface area contributed by atoms with Gasteiger partial charge in [0.15, 0.2) is 0 Å². The minimum atomic E-state index is -4.65. The molecule has 1 fully saturated rings. The van der Waals surface area contributed by atoms with Gasteiger partial charge in [0.1, 0.15) is 0 Å². The van der Waals surface area contributed by atoms with Gasteiger partial charge < -0.3 is 10.0 Å². The van der Waals surface area contributed by atoms with E-state index in [1.54, 1.807) is 0 Å². The van der Waals surface area contributed by atoms with Crippen LogP contribution in [0.3, 0.4) is 0 Å². The highest BCUT2D eigenvalue weighted by Crippen LogP contribution is 2.33. The molecule has 1 aromatic carbocycles. The highest BCUT2D eigenvalue weighted by Gasteiger charge is 2.34. The Morgan fingerprint density at radius 3 is 2.71 bits per heavy atom. The maximum absolute atomic E-state index is 12.7. The van der Waals surface area contributed by atoms with E-state index < -0.39 is 27.9 Å². The molecule has 0 aliphatic carbocycles. The number of carboxylic acid groups (broad SMARTS) is 1. The molecule has 114 valence electrons. The monoisotopic (exact) mass is 379 g/mol. The summed E-state index contributed by atoms with van der Waals surface area (Å²) >= 11 is 3.22. The number of halogens is 2. The van der Waals surface area contributed by atoms with Gasteiger partial charge in [0.2, 0.25) is 5.91 Å². The molecule has 1 aliphatic heterocycles. The molecule has 9 heteroatoms. The Labute approximate surface area is 128 Å². The lowest BCUT2D eigenvalue weighted by molar-refractivity contribution is -0.117. The average molecular weight is 380 g/mol. The van der Waals surface area contributed by atoms with E-state index in [1.807, 2.05) is 0 Å². The van der Waals surface area contributed by atoms with E-state index in [0.29, 0.717) is 10.2 Å². The van der Waals surface area contributed by atoms with Crippen molar-refractivity contribution < 1.29 is 27.0 Å². The predicted octanol–water partition coefficient (Wildman–Crippen LogP) is 1.80. The van der Waals surface area contributed by atoms with Gasteiger partial charge in [0, 0.05) is 23.4 Å². The lowest BCUT2D eigenvalue weighted by Gasteiger charge is -2.18. The van der Waals surface area contributed by atoms with Crippen molar-refractivity contribution in [2.45, 2.75) is 6.42 Å². The Morgan fingerprint density at radius 1 is 1.48 bits per heavy atom. The summed E-state index contributed by atoms with van der Waals surface area (Å²) in [6.07, 6.45) is -0.0904. The molecular formula is C12H11BrFNO5S. The Bertz CT molecular complexity index is 706. The van der Waals surface area contributed by atoms with Crippen LogP contribution < -0.4 is 4.90 Å². The fraction of sp³-hybridized carbons (Fsp3) is 0.333. The summed E-state index contributed by atoms with van der Waals surface area (Å²) in [5.41, 5.74) is 0.334. The third-order valence-corrected chi connectivity index (χ3v) is 4.66. The summed E-state index contributed by atoms with van der Waals surface area (Å²) < 4.78 is 34.5. The van der Waals surface area contributed by atoms with E-state index in [4.69, 9.17) is 5.11 Å². The third kappa shape index (κ3) is 3.79. The average Bonchev–Trinajstić information content (AvgIpc) is 2.67. The predicted molar refractivity (Wildman–Crippen MR) is 76.5 cm³/mol. The first kappa shape index (κ1) is 15.9. The minimum Gasteiger partial charge on any atom is -0.478 e. The first-order valence-corrected chi connectivity index (χ1v) is 8.27. The smallest absolute Gasteiger partial charge is 0.335 e. The van der Waals surface area contributed by atoms with Crippen LogP contribution >= 0.6 is 15.9 Å². The molecular weight excluding hydrogens is 369 g/mol. The van der Waals surface area contributed by atoms with Gasteiger partial charge in [-0.2, -0.15) is 8.42 Å². The molecule has 1 saturated heterocycles. The van der Waals surface area contributed by atoms with Crippen molar-refractivity contribution in [3.8, 4) is 0 Å². The van der Waals surface area contributed by atoms with Crippen LogP contribution in [-0.2, 0) is 15.0 Å². The number of amides is 1. The van der Waals surface area contributed by atoms with Gasteiger partial charge in [0.25, 0.3) is 0 Å². The molecule has 0 saturated carbocycles. The lowest BCUT2D eigenvalue weighted by Crippen LogP contribution is -2.26. The number of nitrogens with zero attached hydrogens (tertiary/aromatic N) is 1. The highest BCUT2D eigenvalue weighted by molar-refractivity contribution is 9.10. The Kier molecular flexibility index (Phi) is 4.33. The van der Waals surface area contributed by atoms with Crippen LogP contribution in [0.5, 0.6) is 0 Å². The van der Waals surface area contributed by atoms with Crippen LogP contribution in [0.15, 0.2) is 22.7 Å². The van der Waals surface area contributed by atoms with Crippen LogP contribution in [0.2, 0.25) is 0 Å². The van der Waals surface area contributed by atoms with Gasteiger partial charge in [-0.25, -0.2) is 4.79 Å². The molecule has 1 atom stereocenters. The summed E-state index contributed by atoms with van der Waals surface area (Å²) in [7, 11) is -4.65. The topological polar surface area (TPSA) is 91.8 Å². The summed E-state index contributed by atoms with van der Waals surface area (Å²) in [5.74, 6) is -2.87. The third-order valence-electron chi connectivity index (χ3n) is 3.12. The molecule has 0 bridgehead atoms. The number of carbonyl (C=O) groups excluding carboxylic acids is 1. The van der Waals surface area contributed by atoms with Crippen LogP contribution in [0, 0.1) is 5.92 Å². The first-order valence-electron chi connectivity index (χ1n) is 5.93. The van der Waals surface area contributed by atoms with E-state index in [1.165, 1.54) is 23.1 Å². The molecule has 1 amide bonds. The summed E-state index contributed by atoms with van der Waals surface area (Å²) in [4.78, 5) is 24.2. The van der Waals surface area contributed by atoms with Gasteiger partial charge in [-0.05, 0) is 34.1 Å². The van der Waals surface area contributed by atoms with Crippen LogP contribution in [0.4, 0.5) is 9.57 Å². The van der Waals surface area contributed by atoms with E-state index in [0.717, 1.165) is 0 Å². The molecule has 21 heavy (non-hydrogen) atoms. The summed E-state index contributed by atoms with van der Waals surface area (Å²) in [6.45, 7) is 0.0314. The normalized spacial score (nSPS) is 19.0. The van der Waals surface area contributed by atoms with Gasteiger partial charge in [-0.1, -0.05) is 0 Å². The molecule has 2 rings (SSSR count). The number of aromatic carboxylic acids is 1. The zero-order chi connectivity index (χ0) is 15.8. The molecule has 1 unspecified atom stereocenters. The van der Waals surface area contributed by atoms with Crippen molar-refractivity contribution in [2.75, 3.05) is 17.2 Å². The van der Waals surface area contributed by atoms with Crippen LogP contribution in [0.1, 0.15) is 16.8 Å². The zero-order valence-electron chi connectivity index (χ0n) is 10.6. The second-order valence-electron chi connectivity index (χ2n) is 4.75. The number of rotatable bonds is 4. The maximum Gasteiger partial charge on any atom is 0.335 e. The number of anilines is 1. The number of hydrogen-bond acceptors (Lipinski definition) is 4.